The van der Waals surface area contributed by atoms with Crippen LogP contribution in [0.2, 0.25) is 0 Å². The molecular weight excluding hydrogens is 322 g/mol. The van der Waals surface area contributed by atoms with Crippen molar-refractivity contribution in [1.29, 1.82) is 5.26 Å². The van der Waals surface area contributed by atoms with Gasteiger partial charge in [0.05, 0.1) is 23.1 Å². The minimum atomic E-state index is -0.00655. The van der Waals surface area contributed by atoms with Gasteiger partial charge in [-0.05, 0) is 38.8 Å². The molecule has 0 N–H and O–H groups in total. The molecule has 0 bridgehead atoms. The van der Waals surface area contributed by atoms with E-state index in [1.54, 1.807) is 16.3 Å². The number of para-hydroxylation sites is 1. The summed E-state index contributed by atoms with van der Waals surface area (Å²) in [5, 5.41) is 10.0. The van der Waals surface area contributed by atoms with Gasteiger partial charge in [-0.25, -0.2) is 4.98 Å². The fraction of sp³-hybridized carbons (Fsp3) is 0.500. The summed E-state index contributed by atoms with van der Waals surface area (Å²) in [6, 6.07) is 9.57. The molecule has 2 rings (SSSR count). The fourth-order valence-corrected chi connectivity index (χ4v) is 3.28. The van der Waals surface area contributed by atoms with Crippen LogP contribution in [0.3, 0.4) is 0 Å². The maximum absolute atomic E-state index is 12.8. The molecule has 1 aromatic carbocycles. The molecule has 0 aliphatic carbocycles. The number of ether oxygens (including phenoxy) is 1. The summed E-state index contributed by atoms with van der Waals surface area (Å²) < 4.78 is 7.30. The molecule has 0 spiro atoms. The average Bonchev–Trinajstić information content (AvgIpc) is 2.57. The summed E-state index contributed by atoms with van der Waals surface area (Å²) in [5.41, 5.74) is 0.716. The summed E-state index contributed by atoms with van der Waals surface area (Å²) in [4.78, 5) is 17.4. The van der Waals surface area contributed by atoms with Crippen LogP contribution in [0.1, 0.15) is 33.1 Å². The van der Waals surface area contributed by atoms with Crippen molar-refractivity contribution in [3.05, 3.63) is 34.6 Å². The summed E-state index contributed by atoms with van der Waals surface area (Å²) in [5.74, 6) is 0.779. The van der Waals surface area contributed by atoms with Crippen molar-refractivity contribution in [2.24, 2.45) is 0 Å². The highest BCUT2D eigenvalue weighted by molar-refractivity contribution is 7.99. The number of hydrogen-bond acceptors (Lipinski definition) is 5. The SMILES string of the molecule is CC(C)OCCCn1c(SCCCC#N)nc2ccccc2c1=O. The van der Waals surface area contributed by atoms with Crippen molar-refractivity contribution in [3.63, 3.8) is 0 Å². The largest absolute Gasteiger partial charge is 0.379 e. The van der Waals surface area contributed by atoms with Gasteiger partial charge < -0.3 is 4.74 Å². The smallest absolute Gasteiger partial charge is 0.262 e. The quantitative estimate of drug-likeness (QED) is 0.394. The monoisotopic (exact) mass is 345 g/mol. The van der Waals surface area contributed by atoms with Gasteiger partial charge in [0, 0.05) is 25.3 Å². The summed E-state index contributed by atoms with van der Waals surface area (Å²) in [7, 11) is 0. The van der Waals surface area contributed by atoms with Gasteiger partial charge in [0.1, 0.15) is 0 Å². The fourth-order valence-electron chi connectivity index (χ4n) is 2.31. The third kappa shape index (κ3) is 5.08. The van der Waals surface area contributed by atoms with Gasteiger partial charge in [0.25, 0.3) is 5.56 Å². The maximum Gasteiger partial charge on any atom is 0.262 e. The van der Waals surface area contributed by atoms with E-state index in [1.807, 2.05) is 38.1 Å². The molecule has 1 aromatic heterocycles. The van der Waals surface area contributed by atoms with E-state index in [1.165, 1.54) is 0 Å². The normalized spacial score (nSPS) is 11.1. The molecule has 0 atom stereocenters. The first-order valence-electron chi connectivity index (χ1n) is 8.24. The third-order valence-corrected chi connectivity index (χ3v) is 4.53. The number of hydrogen-bond donors (Lipinski definition) is 0. The minimum Gasteiger partial charge on any atom is -0.379 e. The molecular formula is C18H23N3O2S. The lowest BCUT2D eigenvalue weighted by molar-refractivity contribution is 0.0743. The Hall–Kier alpha value is -1.84. The lowest BCUT2D eigenvalue weighted by Crippen LogP contribution is -2.24. The van der Waals surface area contributed by atoms with Crippen LogP contribution in [0.25, 0.3) is 10.9 Å². The minimum absolute atomic E-state index is 0.00655. The van der Waals surface area contributed by atoms with Crippen LogP contribution in [-0.2, 0) is 11.3 Å². The Morgan fingerprint density at radius 3 is 2.88 bits per heavy atom. The van der Waals surface area contributed by atoms with Gasteiger partial charge in [0.2, 0.25) is 0 Å². The third-order valence-electron chi connectivity index (χ3n) is 3.47. The van der Waals surface area contributed by atoms with Crippen LogP contribution in [0.15, 0.2) is 34.2 Å². The van der Waals surface area contributed by atoms with Crippen LogP contribution in [-0.4, -0.2) is 28.0 Å². The standard InChI is InChI=1S/C18H23N3O2S/c1-14(2)23-12-7-11-21-17(22)15-8-3-4-9-16(15)20-18(21)24-13-6-5-10-19/h3-4,8-9,14H,5-7,11-13H2,1-2H3. The van der Waals surface area contributed by atoms with Gasteiger partial charge in [-0.2, -0.15) is 5.26 Å². The molecule has 0 fully saturated rings. The molecule has 1 heterocycles. The second kappa shape index (κ2) is 9.45. The van der Waals surface area contributed by atoms with E-state index in [4.69, 9.17) is 10.00 Å². The Kier molecular flexibility index (Phi) is 7.29. The number of thioether (sulfide) groups is 1. The lowest BCUT2D eigenvalue weighted by Gasteiger charge is -2.13. The van der Waals surface area contributed by atoms with Gasteiger partial charge in [0.15, 0.2) is 5.16 Å². The molecule has 6 heteroatoms. The first kappa shape index (κ1) is 18.5. The molecule has 5 nitrogen and oxygen atoms in total. The molecule has 24 heavy (non-hydrogen) atoms. The summed E-state index contributed by atoms with van der Waals surface area (Å²) in [6.07, 6.45) is 2.27. The molecule has 128 valence electrons. The number of rotatable bonds is 9. The van der Waals surface area contributed by atoms with Gasteiger partial charge in [-0.15, -0.1) is 0 Å². The van der Waals surface area contributed by atoms with E-state index in [2.05, 4.69) is 11.1 Å². The molecule has 0 radical (unpaired) electrons. The van der Waals surface area contributed by atoms with Crippen LogP contribution >= 0.6 is 11.8 Å². The van der Waals surface area contributed by atoms with E-state index in [9.17, 15) is 4.79 Å². The van der Waals surface area contributed by atoms with Crippen molar-refractivity contribution < 1.29 is 4.74 Å². The second-order valence-corrected chi connectivity index (χ2v) is 6.81. The molecule has 2 aromatic rings. The predicted molar refractivity (Wildman–Crippen MR) is 97.3 cm³/mol. The topological polar surface area (TPSA) is 67.9 Å². The molecule has 0 unspecified atom stereocenters. The van der Waals surface area contributed by atoms with E-state index in [0.717, 1.165) is 29.3 Å². The van der Waals surface area contributed by atoms with Crippen molar-refractivity contribution >= 4 is 22.7 Å². The van der Waals surface area contributed by atoms with Crippen LogP contribution < -0.4 is 5.56 Å². The number of fused-ring (bicyclic) bond motifs is 1. The summed E-state index contributed by atoms with van der Waals surface area (Å²) >= 11 is 1.54. The van der Waals surface area contributed by atoms with E-state index in [0.29, 0.717) is 25.0 Å². The predicted octanol–water partition coefficient (Wildman–Crippen LogP) is 3.61. The Morgan fingerprint density at radius 1 is 1.33 bits per heavy atom. The zero-order valence-corrected chi connectivity index (χ0v) is 15.0. The highest BCUT2D eigenvalue weighted by Gasteiger charge is 2.11. The Labute approximate surface area is 146 Å². The van der Waals surface area contributed by atoms with Gasteiger partial charge >= 0.3 is 0 Å². The lowest BCUT2D eigenvalue weighted by atomic mass is 10.2. The zero-order valence-electron chi connectivity index (χ0n) is 14.2. The number of nitrogens with zero attached hydrogens (tertiary/aromatic N) is 3. The Balaban J connectivity index is 2.21. The van der Waals surface area contributed by atoms with Crippen molar-refractivity contribution in [3.8, 4) is 6.07 Å². The van der Waals surface area contributed by atoms with Crippen molar-refractivity contribution in [1.82, 2.24) is 9.55 Å². The molecule has 0 saturated carbocycles. The van der Waals surface area contributed by atoms with E-state index in [-0.39, 0.29) is 11.7 Å². The highest BCUT2D eigenvalue weighted by Crippen LogP contribution is 2.19. The second-order valence-electron chi connectivity index (χ2n) is 5.75. The zero-order chi connectivity index (χ0) is 17.4. The molecule has 0 amide bonds. The summed E-state index contributed by atoms with van der Waals surface area (Å²) in [6.45, 7) is 5.21. The number of nitriles is 1. The molecule has 0 aliphatic heterocycles. The first-order valence-corrected chi connectivity index (χ1v) is 9.23. The van der Waals surface area contributed by atoms with E-state index < -0.39 is 0 Å². The molecule has 0 saturated heterocycles. The highest BCUT2D eigenvalue weighted by atomic mass is 32.2. The van der Waals surface area contributed by atoms with Crippen LogP contribution in [0.5, 0.6) is 0 Å². The van der Waals surface area contributed by atoms with Gasteiger partial charge in [-0.3, -0.25) is 9.36 Å². The van der Waals surface area contributed by atoms with Crippen LogP contribution in [0, 0.1) is 11.3 Å². The first-order chi connectivity index (χ1) is 11.6. The Morgan fingerprint density at radius 2 is 2.12 bits per heavy atom. The van der Waals surface area contributed by atoms with Gasteiger partial charge in [-0.1, -0.05) is 23.9 Å². The number of aromatic nitrogens is 2. The van der Waals surface area contributed by atoms with Crippen molar-refractivity contribution in [2.75, 3.05) is 12.4 Å². The van der Waals surface area contributed by atoms with Crippen molar-refractivity contribution in [2.45, 2.75) is 50.9 Å². The number of benzene rings is 1. The van der Waals surface area contributed by atoms with Crippen LogP contribution in [0.4, 0.5) is 0 Å². The maximum atomic E-state index is 12.8. The average molecular weight is 345 g/mol. The Bertz CT molecular complexity index is 765. The van der Waals surface area contributed by atoms with E-state index >= 15 is 0 Å². The number of unbranched alkanes of at least 4 members (excludes halogenated alkanes) is 1. The molecule has 0 aliphatic rings.